The highest BCUT2D eigenvalue weighted by Gasteiger charge is 2.02. The lowest BCUT2D eigenvalue weighted by Gasteiger charge is -2.07. The Labute approximate surface area is 117 Å². The van der Waals surface area contributed by atoms with Gasteiger partial charge in [-0.1, -0.05) is 18.6 Å². The maximum atomic E-state index is 11.5. The van der Waals surface area contributed by atoms with E-state index in [9.17, 15) is 14.4 Å². The summed E-state index contributed by atoms with van der Waals surface area (Å²) in [4.78, 5) is 32.4. The molecule has 1 aromatic carbocycles. The Kier molecular flexibility index (Phi) is 6.81. The zero-order valence-electron chi connectivity index (χ0n) is 11.1. The van der Waals surface area contributed by atoms with Gasteiger partial charge in [-0.3, -0.25) is 9.59 Å². The smallest absolute Gasteiger partial charge is 0.319 e. The van der Waals surface area contributed by atoms with E-state index in [1.54, 1.807) is 24.3 Å². The van der Waals surface area contributed by atoms with Crippen LogP contribution in [-0.4, -0.2) is 29.9 Å². The Balaban J connectivity index is 2.19. The van der Waals surface area contributed by atoms with E-state index in [1.807, 2.05) is 0 Å². The summed E-state index contributed by atoms with van der Waals surface area (Å²) >= 11 is 0. The Bertz CT molecular complexity index is 474. The topological polar surface area (TPSA) is 95.5 Å². The molecule has 20 heavy (non-hydrogen) atoms. The fourth-order valence-corrected chi connectivity index (χ4v) is 1.64. The summed E-state index contributed by atoms with van der Waals surface area (Å²) in [5.74, 6) is -0.800. The molecule has 0 aromatic heterocycles. The summed E-state index contributed by atoms with van der Waals surface area (Å²) < 4.78 is 0. The maximum absolute atomic E-state index is 11.5. The number of carbonyl (C=O) groups is 3. The largest absolute Gasteiger partial charge is 0.481 e. The Hall–Kier alpha value is -2.37. The van der Waals surface area contributed by atoms with E-state index in [4.69, 9.17) is 5.11 Å². The quantitative estimate of drug-likeness (QED) is 0.502. The number of benzene rings is 1. The third-order valence-corrected chi connectivity index (χ3v) is 2.63. The minimum atomic E-state index is -0.800. The lowest BCUT2D eigenvalue weighted by molar-refractivity contribution is -0.137. The predicted octanol–water partition coefficient (Wildman–Crippen LogP) is 2.27. The lowest BCUT2D eigenvalue weighted by Crippen LogP contribution is -2.29. The van der Waals surface area contributed by atoms with Gasteiger partial charge in [-0.15, -0.1) is 0 Å². The second-order valence-electron chi connectivity index (χ2n) is 4.33. The van der Waals surface area contributed by atoms with E-state index in [0.717, 1.165) is 12.8 Å². The van der Waals surface area contributed by atoms with Crippen molar-refractivity contribution >= 4 is 24.0 Å². The van der Waals surface area contributed by atoms with Crippen molar-refractivity contribution in [2.45, 2.75) is 25.7 Å². The van der Waals surface area contributed by atoms with E-state index in [-0.39, 0.29) is 12.5 Å². The normalized spacial score (nSPS) is 9.80. The summed E-state index contributed by atoms with van der Waals surface area (Å²) in [5.41, 5.74) is 1.05. The van der Waals surface area contributed by atoms with Crippen molar-refractivity contribution in [2.24, 2.45) is 0 Å². The van der Waals surface area contributed by atoms with Crippen molar-refractivity contribution in [1.29, 1.82) is 0 Å². The van der Waals surface area contributed by atoms with Crippen LogP contribution in [0.15, 0.2) is 24.3 Å². The number of nitrogens with one attached hydrogen (secondary N) is 2. The van der Waals surface area contributed by atoms with Crippen LogP contribution < -0.4 is 10.6 Å². The number of rotatable bonds is 8. The van der Waals surface area contributed by atoms with Crippen LogP contribution in [0.1, 0.15) is 36.0 Å². The van der Waals surface area contributed by atoms with Gasteiger partial charge in [-0.05, 0) is 25.0 Å². The first-order valence-corrected chi connectivity index (χ1v) is 6.43. The molecule has 3 N–H and O–H groups in total. The molecule has 1 rings (SSSR count). The van der Waals surface area contributed by atoms with Gasteiger partial charge in [-0.25, -0.2) is 4.79 Å². The van der Waals surface area contributed by atoms with Gasteiger partial charge in [0.05, 0.1) is 0 Å². The van der Waals surface area contributed by atoms with Crippen LogP contribution in [0.5, 0.6) is 0 Å². The van der Waals surface area contributed by atoms with Crippen LogP contribution in [0.3, 0.4) is 0 Å². The van der Waals surface area contributed by atoms with Crippen LogP contribution in [0.4, 0.5) is 10.5 Å². The number of unbranched alkanes of at least 4 members (excludes halogenated alkanes) is 2. The molecular weight excluding hydrogens is 260 g/mol. The van der Waals surface area contributed by atoms with Crippen molar-refractivity contribution in [2.75, 3.05) is 11.9 Å². The third-order valence-electron chi connectivity index (χ3n) is 2.63. The summed E-state index contributed by atoms with van der Waals surface area (Å²) in [6.07, 6.45) is 2.97. The van der Waals surface area contributed by atoms with Gasteiger partial charge in [0.25, 0.3) is 0 Å². The molecule has 0 spiro atoms. The number of urea groups is 1. The second-order valence-corrected chi connectivity index (χ2v) is 4.33. The van der Waals surface area contributed by atoms with Gasteiger partial charge in [0, 0.05) is 24.2 Å². The van der Waals surface area contributed by atoms with Crippen molar-refractivity contribution in [3.63, 3.8) is 0 Å². The second kappa shape index (κ2) is 8.68. The molecule has 6 heteroatoms. The Morgan fingerprint density at radius 2 is 2.00 bits per heavy atom. The number of aliphatic carboxylic acids is 1. The number of carboxylic acids is 1. The van der Waals surface area contributed by atoms with Gasteiger partial charge < -0.3 is 15.7 Å². The van der Waals surface area contributed by atoms with Crippen LogP contribution in [-0.2, 0) is 4.79 Å². The average Bonchev–Trinajstić information content (AvgIpc) is 2.42. The van der Waals surface area contributed by atoms with Crippen LogP contribution in [0, 0.1) is 0 Å². The molecule has 0 heterocycles. The summed E-state index contributed by atoms with van der Waals surface area (Å²) in [6.45, 7) is 0.485. The fraction of sp³-hybridized carbons (Fsp3) is 0.357. The first-order chi connectivity index (χ1) is 9.61. The van der Waals surface area contributed by atoms with Crippen LogP contribution >= 0.6 is 0 Å². The number of anilines is 1. The standard InChI is InChI=1S/C14H18N2O4/c17-10-11-5-4-6-12(9-11)16-14(20)15-8-3-1-2-7-13(18)19/h4-6,9-10H,1-3,7-8H2,(H,18,19)(H2,15,16,20). The molecule has 0 aliphatic rings. The van der Waals surface area contributed by atoms with Crippen LogP contribution in [0.2, 0.25) is 0 Å². The minimum Gasteiger partial charge on any atom is -0.481 e. The molecule has 0 saturated heterocycles. The molecule has 0 saturated carbocycles. The van der Waals surface area contributed by atoms with Crippen molar-refractivity contribution in [3.05, 3.63) is 29.8 Å². The monoisotopic (exact) mass is 278 g/mol. The number of hydrogen-bond acceptors (Lipinski definition) is 3. The Morgan fingerprint density at radius 1 is 1.20 bits per heavy atom. The van der Waals surface area contributed by atoms with Crippen molar-refractivity contribution in [3.8, 4) is 0 Å². The highest BCUT2D eigenvalue weighted by Crippen LogP contribution is 2.08. The molecule has 0 fully saturated rings. The molecule has 108 valence electrons. The van der Waals surface area contributed by atoms with Crippen molar-refractivity contribution in [1.82, 2.24) is 5.32 Å². The third kappa shape index (κ3) is 6.53. The molecule has 1 aromatic rings. The van der Waals surface area contributed by atoms with Gasteiger partial charge in [0.1, 0.15) is 6.29 Å². The molecule has 0 aliphatic carbocycles. The first-order valence-electron chi connectivity index (χ1n) is 6.43. The lowest BCUT2D eigenvalue weighted by atomic mass is 10.2. The van der Waals surface area contributed by atoms with E-state index in [2.05, 4.69) is 10.6 Å². The van der Waals surface area contributed by atoms with Gasteiger partial charge in [-0.2, -0.15) is 0 Å². The zero-order chi connectivity index (χ0) is 14.8. The molecule has 6 nitrogen and oxygen atoms in total. The summed E-state index contributed by atoms with van der Waals surface area (Å²) in [5, 5.41) is 13.8. The van der Waals surface area contributed by atoms with Crippen LogP contribution in [0.25, 0.3) is 0 Å². The first kappa shape index (κ1) is 15.7. The molecule has 0 unspecified atom stereocenters. The van der Waals surface area contributed by atoms with E-state index >= 15 is 0 Å². The number of carboxylic acid groups (broad SMARTS) is 1. The van der Waals surface area contributed by atoms with Gasteiger partial charge in [0.15, 0.2) is 0 Å². The maximum Gasteiger partial charge on any atom is 0.319 e. The minimum absolute atomic E-state index is 0.157. The zero-order valence-corrected chi connectivity index (χ0v) is 11.1. The van der Waals surface area contributed by atoms with E-state index in [1.165, 1.54) is 0 Å². The number of carbonyl (C=O) groups excluding carboxylic acids is 2. The van der Waals surface area contributed by atoms with E-state index < -0.39 is 5.97 Å². The summed E-state index contributed by atoms with van der Waals surface area (Å²) in [7, 11) is 0. The van der Waals surface area contributed by atoms with Crippen molar-refractivity contribution < 1.29 is 19.5 Å². The number of hydrogen-bond donors (Lipinski definition) is 3. The number of aldehydes is 1. The number of amides is 2. The SMILES string of the molecule is O=Cc1cccc(NC(=O)NCCCCCC(=O)O)c1. The average molecular weight is 278 g/mol. The summed E-state index contributed by atoms with van der Waals surface area (Å²) in [6, 6.07) is 6.27. The highest BCUT2D eigenvalue weighted by atomic mass is 16.4. The molecule has 2 amide bonds. The Morgan fingerprint density at radius 3 is 2.70 bits per heavy atom. The predicted molar refractivity (Wildman–Crippen MR) is 75.0 cm³/mol. The molecule has 0 bridgehead atoms. The molecule has 0 aliphatic heterocycles. The molecule has 0 radical (unpaired) electrons. The molecular formula is C14H18N2O4. The van der Waals surface area contributed by atoms with E-state index in [0.29, 0.717) is 30.5 Å². The highest BCUT2D eigenvalue weighted by molar-refractivity contribution is 5.90. The molecule has 0 atom stereocenters. The fourth-order valence-electron chi connectivity index (χ4n) is 1.64. The van der Waals surface area contributed by atoms with Gasteiger partial charge in [0.2, 0.25) is 0 Å². The van der Waals surface area contributed by atoms with Gasteiger partial charge >= 0.3 is 12.0 Å².